The van der Waals surface area contributed by atoms with Gasteiger partial charge in [-0.2, -0.15) is 0 Å². The number of carbonyl (C=O) groups excluding carboxylic acids is 5. The maximum Gasteiger partial charge on any atom is 0.296 e. The Labute approximate surface area is 412 Å². The van der Waals surface area contributed by atoms with Crippen LogP contribution in [0.3, 0.4) is 0 Å². The Morgan fingerprint density at radius 3 is 2.23 bits per heavy atom. The number of carbonyl (C=O) groups is 5. The summed E-state index contributed by atoms with van der Waals surface area (Å²) in [6, 6.07) is -0.685. The number of hydrogen-bond acceptors (Lipinski definition) is 14. The van der Waals surface area contributed by atoms with E-state index in [4.69, 9.17) is 33.5 Å². The molecule has 3 N–H and O–H groups in total. The van der Waals surface area contributed by atoms with Crippen LogP contribution >= 0.6 is 0 Å². The monoisotopic (exact) mass is 974 g/mol. The molecule has 15 unspecified atom stereocenters. The lowest BCUT2D eigenvalue weighted by molar-refractivity contribution is -0.265. The Hall–Kier alpha value is -3.25. The minimum atomic E-state index is -2.30. The first-order valence-electron chi connectivity index (χ1n) is 25.3. The van der Waals surface area contributed by atoms with Gasteiger partial charge in [0.05, 0.1) is 49.8 Å². The number of aldehydes is 1. The summed E-state index contributed by atoms with van der Waals surface area (Å²) in [7, 11) is 6.30. The first-order valence-corrected chi connectivity index (χ1v) is 25.3. The van der Waals surface area contributed by atoms with Gasteiger partial charge in [-0.3, -0.25) is 19.2 Å². The molecular weight excluding hydrogens is 887 g/mol. The predicted octanol–water partition coefficient (Wildman–Crippen LogP) is 6.49. The highest BCUT2D eigenvalue weighted by Crippen LogP contribution is 2.37. The van der Waals surface area contributed by atoms with Crippen LogP contribution < -0.4 is 0 Å². The summed E-state index contributed by atoms with van der Waals surface area (Å²) in [5.74, 6) is -5.48. The molecule has 15 heteroatoms. The van der Waals surface area contributed by atoms with Crippen molar-refractivity contribution in [2.75, 3.05) is 48.2 Å². The zero-order chi connectivity index (χ0) is 51.4. The summed E-state index contributed by atoms with van der Waals surface area (Å²) in [5.41, 5.74) is 1.37. The molecule has 3 aliphatic rings. The molecule has 392 valence electrons. The van der Waals surface area contributed by atoms with Crippen molar-refractivity contribution >= 4 is 29.5 Å². The number of allylic oxidation sites excluding steroid dienone is 6. The van der Waals surface area contributed by atoms with Crippen molar-refractivity contribution in [2.24, 2.45) is 35.5 Å². The number of hydrogen-bond donors (Lipinski definition) is 3. The maximum absolute atomic E-state index is 13.6. The third kappa shape index (κ3) is 17.5. The lowest BCUT2D eigenvalue weighted by Crippen LogP contribution is -2.60. The standard InChI is InChI=1S/C54H87NO14/c1-34(17-13-12-14-18-35(2)46(64-8)31-43-22-20-40(7)54(63,69-43)52(61)53(62)55-24-16-15-19-42(55)33-57)27-38(5)49(59)51(67-11)50(60)39(6)28-36(3)44(58)32-47(65-9)37(4)29-41-21-23-45(68-26-25-56)48(30-41)66-10/h12-14,17-18,28,33-34,36-38,40-43,45-48,50-51,56,60,63H,15-16,19-27,29-32H2,1-11H3/b14-12+,17-13+,35-18-,39-28-. The van der Waals surface area contributed by atoms with Crippen LogP contribution in [0.25, 0.3) is 0 Å². The van der Waals surface area contributed by atoms with Gasteiger partial charge in [-0.05, 0) is 107 Å². The largest absolute Gasteiger partial charge is 0.394 e. The molecule has 0 aromatic rings. The second kappa shape index (κ2) is 29.9. The molecule has 15 nitrogen and oxygen atoms in total. The molecule has 3 rings (SSSR count). The predicted molar refractivity (Wildman–Crippen MR) is 263 cm³/mol. The molecule has 0 radical (unpaired) electrons. The van der Waals surface area contributed by atoms with E-state index < -0.39 is 59.6 Å². The number of ether oxygens (including phenoxy) is 6. The number of rotatable bonds is 29. The molecule has 1 amide bonds. The second-order valence-electron chi connectivity index (χ2n) is 20.1. The molecule has 0 aromatic heterocycles. The second-order valence-corrected chi connectivity index (χ2v) is 20.1. The fraction of sp³-hybridized carbons (Fsp3) is 0.759. The van der Waals surface area contributed by atoms with Gasteiger partial charge in [0, 0.05) is 65.6 Å². The Balaban J connectivity index is 1.51. The van der Waals surface area contributed by atoms with Crippen LogP contribution in [-0.2, 0) is 52.4 Å². The molecule has 2 aliphatic heterocycles. The van der Waals surface area contributed by atoms with Crippen LogP contribution in [0.5, 0.6) is 0 Å². The quantitative estimate of drug-likeness (QED) is 0.0318. The number of aliphatic hydroxyl groups is 3. The molecule has 69 heavy (non-hydrogen) atoms. The van der Waals surface area contributed by atoms with Gasteiger partial charge >= 0.3 is 0 Å². The van der Waals surface area contributed by atoms with E-state index >= 15 is 0 Å². The lowest BCUT2D eigenvalue weighted by Gasteiger charge is -2.42. The number of aliphatic hydroxyl groups excluding tert-OH is 2. The van der Waals surface area contributed by atoms with Crippen LogP contribution in [0.2, 0.25) is 0 Å². The molecule has 0 aromatic carbocycles. The molecule has 3 fully saturated rings. The molecule has 15 atom stereocenters. The number of methoxy groups -OCH3 is 4. The number of likely N-dealkylation sites (tertiary alicyclic amines) is 1. The summed E-state index contributed by atoms with van der Waals surface area (Å²) in [6.45, 7) is 13.6. The SMILES string of the molecule is COC(CC1CCC(C)C(O)(C(=O)C(=O)N2CCCCC2C=O)O1)\C(C)=C/C=C/C=C/C(C)CC(C)C(=O)C(OC)C(O)/C(C)=C\C(C)C(=O)CC(OC)C(C)CC1CCC(OCCO)C(OC)C1. The molecule has 1 aliphatic carbocycles. The van der Waals surface area contributed by atoms with E-state index in [0.717, 1.165) is 37.7 Å². The highest BCUT2D eigenvalue weighted by molar-refractivity contribution is 6.39. The average Bonchev–Trinajstić information content (AvgIpc) is 3.34. The molecule has 1 saturated carbocycles. The van der Waals surface area contributed by atoms with E-state index in [1.54, 1.807) is 48.2 Å². The van der Waals surface area contributed by atoms with Gasteiger partial charge < -0.3 is 53.4 Å². The number of nitrogens with zero attached hydrogens (tertiary/aromatic N) is 1. The van der Waals surface area contributed by atoms with E-state index in [2.05, 4.69) is 6.92 Å². The third-order valence-corrected chi connectivity index (χ3v) is 14.8. The summed E-state index contributed by atoms with van der Waals surface area (Å²) in [4.78, 5) is 66.7. The summed E-state index contributed by atoms with van der Waals surface area (Å²) in [5, 5.41) is 32.0. The van der Waals surface area contributed by atoms with Crippen LogP contribution in [0.1, 0.15) is 126 Å². The first kappa shape index (κ1) is 60.1. The Morgan fingerprint density at radius 1 is 0.870 bits per heavy atom. The van der Waals surface area contributed by atoms with Crippen LogP contribution in [-0.4, -0.2) is 153 Å². The first-order chi connectivity index (χ1) is 32.8. The number of piperidine rings is 1. The Bertz CT molecular complexity index is 1760. The fourth-order valence-electron chi connectivity index (χ4n) is 10.4. The maximum atomic E-state index is 13.6. The van der Waals surface area contributed by atoms with Crippen molar-refractivity contribution in [1.82, 2.24) is 4.90 Å². The Morgan fingerprint density at radius 2 is 1.59 bits per heavy atom. The number of amides is 1. The molecule has 2 saturated heterocycles. The van der Waals surface area contributed by atoms with Crippen molar-refractivity contribution < 1.29 is 67.7 Å². The van der Waals surface area contributed by atoms with Crippen molar-refractivity contribution in [1.29, 1.82) is 0 Å². The number of Topliss-reactive ketones (excluding diaryl/α,β-unsaturated/α-hetero) is 3. The van der Waals surface area contributed by atoms with Gasteiger partial charge in [0.1, 0.15) is 24.3 Å². The van der Waals surface area contributed by atoms with E-state index in [1.165, 1.54) is 12.0 Å². The van der Waals surface area contributed by atoms with Crippen LogP contribution in [0, 0.1) is 35.5 Å². The Kier molecular flexibility index (Phi) is 26.1. The van der Waals surface area contributed by atoms with E-state index in [1.807, 2.05) is 51.2 Å². The van der Waals surface area contributed by atoms with Gasteiger partial charge in [-0.15, -0.1) is 0 Å². The highest BCUT2D eigenvalue weighted by Gasteiger charge is 2.52. The summed E-state index contributed by atoms with van der Waals surface area (Å²) < 4.78 is 34.7. The third-order valence-electron chi connectivity index (χ3n) is 14.8. The minimum Gasteiger partial charge on any atom is -0.394 e. The number of ketones is 3. The van der Waals surface area contributed by atoms with E-state index in [-0.39, 0.29) is 67.4 Å². The summed E-state index contributed by atoms with van der Waals surface area (Å²) in [6.07, 6.45) is 16.0. The van der Waals surface area contributed by atoms with Crippen molar-refractivity contribution in [3.63, 3.8) is 0 Å². The topological polar surface area (TPSA) is 205 Å². The molecule has 0 spiro atoms. The lowest BCUT2D eigenvalue weighted by atomic mass is 9.78. The normalized spacial score (nSPS) is 28.7. The van der Waals surface area contributed by atoms with Crippen LogP contribution in [0.4, 0.5) is 0 Å². The van der Waals surface area contributed by atoms with Gasteiger partial charge in [-0.25, -0.2) is 0 Å². The van der Waals surface area contributed by atoms with Crippen molar-refractivity contribution in [3.05, 3.63) is 47.6 Å². The van der Waals surface area contributed by atoms with Crippen molar-refractivity contribution in [2.45, 2.75) is 180 Å². The minimum absolute atomic E-state index is 0.0185. The van der Waals surface area contributed by atoms with Gasteiger partial charge in [-0.1, -0.05) is 71.1 Å². The highest BCUT2D eigenvalue weighted by atomic mass is 16.6. The van der Waals surface area contributed by atoms with Gasteiger partial charge in [0.2, 0.25) is 5.79 Å². The van der Waals surface area contributed by atoms with Crippen molar-refractivity contribution in [3.8, 4) is 0 Å². The smallest absolute Gasteiger partial charge is 0.296 e. The van der Waals surface area contributed by atoms with E-state index in [0.29, 0.717) is 62.9 Å². The zero-order valence-corrected chi connectivity index (χ0v) is 43.5. The average molecular weight is 974 g/mol. The fourth-order valence-corrected chi connectivity index (χ4v) is 10.4. The zero-order valence-electron chi connectivity index (χ0n) is 43.5. The van der Waals surface area contributed by atoms with E-state index in [9.17, 15) is 34.2 Å². The molecule has 0 bridgehead atoms. The molecule has 2 heterocycles. The van der Waals surface area contributed by atoms with Crippen LogP contribution in [0.15, 0.2) is 47.6 Å². The molecular formula is C54H87NO14. The van der Waals surface area contributed by atoms with Gasteiger partial charge in [0.25, 0.3) is 11.7 Å². The summed E-state index contributed by atoms with van der Waals surface area (Å²) >= 11 is 0. The van der Waals surface area contributed by atoms with Gasteiger partial charge in [0.15, 0.2) is 5.78 Å².